The Morgan fingerprint density at radius 3 is 2.86 bits per heavy atom. The van der Waals surface area contributed by atoms with Crippen LogP contribution in [0.3, 0.4) is 0 Å². The number of benzene rings is 1. The van der Waals surface area contributed by atoms with Crippen molar-refractivity contribution in [2.45, 2.75) is 6.92 Å². The first-order chi connectivity index (χ1) is 10.6. The van der Waals surface area contributed by atoms with Crippen LogP contribution < -0.4 is 4.74 Å². The Morgan fingerprint density at radius 1 is 1.32 bits per heavy atom. The average molecular weight is 293 g/mol. The van der Waals surface area contributed by atoms with E-state index >= 15 is 0 Å². The SMILES string of the molecule is C=CC(=O)Oc1c(C)nn(C)c1-c1cccc2cccnc12. The Hall–Kier alpha value is -2.95. The minimum absolute atomic E-state index is 0.436. The largest absolute Gasteiger partial charge is 0.419 e. The molecule has 2 aromatic heterocycles. The number of carbonyl (C=O) groups excluding carboxylic acids is 1. The first-order valence-corrected chi connectivity index (χ1v) is 6.83. The number of carbonyl (C=O) groups is 1. The highest BCUT2D eigenvalue weighted by atomic mass is 16.5. The van der Waals surface area contributed by atoms with Gasteiger partial charge >= 0.3 is 5.97 Å². The van der Waals surface area contributed by atoms with Crippen LogP contribution in [0, 0.1) is 6.92 Å². The average Bonchev–Trinajstić information content (AvgIpc) is 2.80. The summed E-state index contributed by atoms with van der Waals surface area (Å²) in [5.41, 5.74) is 3.06. The number of aromatic nitrogens is 3. The summed E-state index contributed by atoms with van der Waals surface area (Å²) in [5.74, 6) is -0.0731. The zero-order valence-corrected chi connectivity index (χ0v) is 12.4. The van der Waals surface area contributed by atoms with E-state index < -0.39 is 5.97 Å². The molecule has 0 fully saturated rings. The maximum atomic E-state index is 11.6. The van der Waals surface area contributed by atoms with Gasteiger partial charge in [0.15, 0.2) is 5.75 Å². The van der Waals surface area contributed by atoms with Crippen LogP contribution in [0.5, 0.6) is 5.75 Å². The van der Waals surface area contributed by atoms with Gasteiger partial charge in [-0.15, -0.1) is 0 Å². The number of hydrogen-bond donors (Lipinski definition) is 0. The van der Waals surface area contributed by atoms with Crippen LogP contribution in [0.2, 0.25) is 0 Å². The second kappa shape index (κ2) is 5.44. The molecule has 5 nitrogen and oxygen atoms in total. The number of hydrogen-bond acceptors (Lipinski definition) is 4. The van der Waals surface area contributed by atoms with E-state index in [-0.39, 0.29) is 0 Å². The van der Waals surface area contributed by atoms with Crippen LogP contribution >= 0.6 is 0 Å². The topological polar surface area (TPSA) is 57.0 Å². The van der Waals surface area contributed by atoms with E-state index in [0.717, 1.165) is 28.2 Å². The molecular weight excluding hydrogens is 278 g/mol. The van der Waals surface area contributed by atoms with E-state index in [1.807, 2.05) is 37.4 Å². The van der Waals surface area contributed by atoms with Crippen LogP contribution in [0.15, 0.2) is 49.2 Å². The number of esters is 1. The third-order valence-electron chi connectivity index (χ3n) is 3.42. The highest BCUT2D eigenvalue weighted by Gasteiger charge is 2.20. The third-order valence-corrected chi connectivity index (χ3v) is 3.42. The van der Waals surface area contributed by atoms with Gasteiger partial charge in [-0.25, -0.2) is 4.79 Å². The quantitative estimate of drug-likeness (QED) is 0.550. The predicted octanol–water partition coefficient (Wildman–Crippen LogP) is 3.04. The fraction of sp³-hybridized carbons (Fsp3) is 0.118. The number of ether oxygens (including phenoxy) is 1. The molecular formula is C17H15N3O2. The van der Waals surface area contributed by atoms with Gasteiger partial charge in [0, 0.05) is 30.3 Å². The van der Waals surface area contributed by atoms with E-state index in [1.54, 1.807) is 17.8 Å². The monoisotopic (exact) mass is 293 g/mol. The van der Waals surface area contributed by atoms with Gasteiger partial charge in [0.25, 0.3) is 0 Å². The summed E-state index contributed by atoms with van der Waals surface area (Å²) in [5, 5.41) is 5.37. The van der Waals surface area contributed by atoms with E-state index in [1.165, 1.54) is 0 Å². The second-order valence-corrected chi connectivity index (χ2v) is 4.89. The molecule has 0 aliphatic rings. The van der Waals surface area contributed by atoms with Gasteiger partial charge in [-0.2, -0.15) is 5.10 Å². The van der Waals surface area contributed by atoms with Gasteiger partial charge in [-0.1, -0.05) is 30.8 Å². The molecule has 0 bridgehead atoms. The smallest absolute Gasteiger partial charge is 0.335 e. The molecule has 0 N–H and O–H groups in total. The lowest BCUT2D eigenvalue weighted by Crippen LogP contribution is -2.05. The summed E-state index contributed by atoms with van der Waals surface area (Å²) < 4.78 is 7.08. The highest BCUT2D eigenvalue weighted by Crippen LogP contribution is 2.36. The molecule has 110 valence electrons. The standard InChI is InChI=1S/C17H15N3O2/c1-4-14(21)22-17-11(2)19-20(3)16(17)13-9-5-7-12-8-6-10-18-15(12)13/h4-10H,1H2,2-3H3. The zero-order valence-electron chi connectivity index (χ0n) is 12.4. The van der Waals surface area contributed by atoms with E-state index in [2.05, 4.69) is 16.7 Å². The van der Waals surface area contributed by atoms with Crippen molar-refractivity contribution < 1.29 is 9.53 Å². The third kappa shape index (κ3) is 2.26. The Bertz CT molecular complexity index is 875. The van der Waals surface area contributed by atoms with Gasteiger partial charge < -0.3 is 4.74 Å². The van der Waals surface area contributed by atoms with Gasteiger partial charge in [0.2, 0.25) is 0 Å². The normalized spacial score (nSPS) is 10.6. The summed E-state index contributed by atoms with van der Waals surface area (Å²) >= 11 is 0. The number of para-hydroxylation sites is 1. The van der Waals surface area contributed by atoms with Crippen molar-refractivity contribution in [2.75, 3.05) is 0 Å². The van der Waals surface area contributed by atoms with Crippen LogP contribution in [0.4, 0.5) is 0 Å². The Kier molecular flexibility index (Phi) is 3.47. The van der Waals surface area contributed by atoms with Crippen LogP contribution in [-0.2, 0) is 11.8 Å². The maximum Gasteiger partial charge on any atom is 0.335 e. The summed E-state index contributed by atoms with van der Waals surface area (Å²) in [4.78, 5) is 16.0. The molecule has 3 rings (SSSR count). The highest BCUT2D eigenvalue weighted by molar-refractivity contribution is 5.95. The van der Waals surface area contributed by atoms with Crippen LogP contribution in [-0.4, -0.2) is 20.7 Å². The van der Waals surface area contributed by atoms with Gasteiger partial charge in [-0.3, -0.25) is 9.67 Å². The van der Waals surface area contributed by atoms with Crippen molar-refractivity contribution in [1.82, 2.24) is 14.8 Å². The fourth-order valence-corrected chi connectivity index (χ4v) is 2.50. The lowest BCUT2D eigenvalue weighted by Gasteiger charge is -2.09. The zero-order chi connectivity index (χ0) is 15.7. The van der Waals surface area contributed by atoms with E-state index in [9.17, 15) is 4.79 Å². The number of fused-ring (bicyclic) bond motifs is 1. The molecule has 22 heavy (non-hydrogen) atoms. The number of nitrogens with zero attached hydrogens (tertiary/aromatic N) is 3. The molecule has 5 heteroatoms. The minimum Gasteiger partial charge on any atom is -0.419 e. The fourth-order valence-electron chi connectivity index (χ4n) is 2.50. The number of aryl methyl sites for hydroxylation is 2. The Labute approximate surface area is 127 Å². The molecule has 0 aliphatic heterocycles. The minimum atomic E-state index is -0.509. The van der Waals surface area contributed by atoms with Crippen molar-refractivity contribution in [3.05, 3.63) is 54.9 Å². The number of rotatable bonds is 3. The van der Waals surface area contributed by atoms with Crippen molar-refractivity contribution in [3.63, 3.8) is 0 Å². The molecule has 0 atom stereocenters. The predicted molar refractivity (Wildman–Crippen MR) is 84.5 cm³/mol. The molecule has 0 unspecified atom stereocenters. The van der Waals surface area contributed by atoms with Gasteiger partial charge in [-0.05, 0) is 13.0 Å². The molecule has 0 radical (unpaired) electrons. The van der Waals surface area contributed by atoms with Crippen molar-refractivity contribution in [2.24, 2.45) is 7.05 Å². The van der Waals surface area contributed by atoms with E-state index in [0.29, 0.717) is 11.4 Å². The van der Waals surface area contributed by atoms with Crippen LogP contribution in [0.25, 0.3) is 22.2 Å². The molecule has 3 aromatic rings. The number of pyridine rings is 1. The Balaban J connectivity index is 2.27. The van der Waals surface area contributed by atoms with Crippen molar-refractivity contribution >= 4 is 16.9 Å². The first kappa shape index (κ1) is 14.0. The summed E-state index contributed by atoms with van der Waals surface area (Å²) in [6, 6.07) is 9.76. The molecule has 2 heterocycles. The summed E-state index contributed by atoms with van der Waals surface area (Å²) in [6.07, 6.45) is 2.88. The first-order valence-electron chi connectivity index (χ1n) is 6.83. The Morgan fingerprint density at radius 2 is 2.09 bits per heavy atom. The van der Waals surface area contributed by atoms with Crippen molar-refractivity contribution in [3.8, 4) is 17.0 Å². The molecule has 1 aromatic carbocycles. The van der Waals surface area contributed by atoms with Gasteiger partial charge in [0.05, 0.1) is 5.52 Å². The molecule has 0 spiro atoms. The van der Waals surface area contributed by atoms with Gasteiger partial charge in [0.1, 0.15) is 11.4 Å². The molecule has 0 saturated carbocycles. The molecule has 0 aliphatic carbocycles. The molecule has 0 saturated heterocycles. The second-order valence-electron chi connectivity index (χ2n) is 4.89. The lowest BCUT2D eigenvalue weighted by molar-refractivity contribution is -0.128. The summed E-state index contributed by atoms with van der Waals surface area (Å²) in [7, 11) is 1.81. The maximum absolute atomic E-state index is 11.6. The van der Waals surface area contributed by atoms with E-state index in [4.69, 9.17) is 4.74 Å². The van der Waals surface area contributed by atoms with Crippen molar-refractivity contribution in [1.29, 1.82) is 0 Å². The summed E-state index contributed by atoms with van der Waals surface area (Å²) in [6.45, 7) is 5.23. The molecule has 0 amide bonds. The lowest BCUT2D eigenvalue weighted by atomic mass is 10.1. The van der Waals surface area contributed by atoms with Crippen LogP contribution in [0.1, 0.15) is 5.69 Å².